The number of sulfonamides is 2. The van der Waals surface area contributed by atoms with Gasteiger partial charge in [-0.25, -0.2) is 16.8 Å². The van der Waals surface area contributed by atoms with Gasteiger partial charge in [0.1, 0.15) is 5.75 Å². The van der Waals surface area contributed by atoms with Gasteiger partial charge in [0.15, 0.2) is 0 Å². The van der Waals surface area contributed by atoms with E-state index in [0.717, 1.165) is 0 Å². The van der Waals surface area contributed by atoms with Crippen LogP contribution in [0.2, 0.25) is 0 Å². The number of hydrogen-bond acceptors (Lipinski definition) is 5. The van der Waals surface area contributed by atoms with Crippen molar-refractivity contribution in [1.82, 2.24) is 8.61 Å². The molecule has 7 nitrogen and oxygen atoms in total. The van der Waals surface area contributed by atoms with Crippen molar-refractivity contribution in [2.24, 2.45) is 0 Å². The highest BCUT2D eigenvalue weighted by Crippen LogP contribution is 2.23. The van der Waals surface area contributed by atoms with E-state index in [2.05, 4.69) is 0 Å². The molecule has 3 rings (SSSR count). The third-order valence-corrected chi connectivity index (χ3v) is 8.10. The summed E-state index contributed by atoms with van der Waals surface area (Å²) in [5.74, 6) is 0.572. The lowest BCUT2D eigenvalue weighted by molar-refractivity contribution is 0.273. The zero-order valence-corrected chi connectivity index (χ0v) is 15.9. The maximum absolute atomic E-state index is 12.7. The van der Waals surface area contributed by atoms with Gasteiger partial charge in [-0.2, -0.15) is 8.61 Å². The zero-order chi connectivity index (χ0) is 18.8. The quantitative estimate of drug-likeness (QED) is 0.763. The summed E-state index contributed by atoms with van der Waals surface area (Å²) in [6, 6.07) is 14.3. The molecule has 0 spiro atoms. The van der Waals surface area contributed by atoms with Crippen LogP contribution in [0.3, 0.4) is 0 Å². The van der Waals surface area contributed by atoms with Crippen LogP contribution in [0.5, 0.6) is 5.75 Å². The summed E-state index contributed by atoms with van der Waals surface area (Å²) in [5.41, 5.74) is 0. The predicted octanol–water partition coefficient (Wildman–Crippen LogP) is 1.39. The Balaban J connectivity index is 1.73. The van der Waals surface area contributed by atoms with E-state index < -0.39 is 20.0 Å². The Morgan fingerprint density at radius 1 is 0.692 bits per heavy atom. The molecule has 140 valence electrons. The SMILES string of the molecule is COc1ccc(S(=O)(=O)N2CCN(S(=O)(=O)c3ccccc3)CC2)cc1. The van der Waals surface area contributed by atoms with Crippen LogP contribution in [0.15, 0.2) is 64.4 Å². The fourth-order valence-electron chi connectivity index (χ4n) is 2.79. The van der Waals surface area contributed by atoms with E-state index >= 15 is 0 Å². The fourth-order valence-corrected chi connectivity index (χ4v) is 5.65. The highest BCUT2D eigenvalue weighted by atomic mass is 32.2. The number of hydrogen-bond donors (Lipinski definition) is 0. The average molecular weight is 396 g/mol. The summed E-state index contributed by atoms with van der Waals surface area (Å²) < 4.78 is 58.4. The number of rotatable bonds is 5. The summed E-state index contributed by atoms with van der Waals surface area (Å²) in [6.07, 6.45) is 0. The van der Waals surface area contributed by atoms with Gasteiger partial charge in [0.2, 0.25) is 20.0 Å². The summed E-state index contributed by atoms with van der Waals surface area (Å²) in [6.45, 7) is 0.458. The molecular formula is C17H20N2O5S2. The van der Waals surface area contributed by atoms with Gasteiger partial charge in [-0.15, -0.1) is 0 Å². The van der Waals surface area contributed by atoms with Crippen LogP contribution < -0.4 is 4.74 Å². The molecule has 0 saturated carbocycles. The first-order valence-electron chi connectivity index (χ1n) is 8.05. The van der Waals surface area contributed by atoms with Crippen LogP contribution in [-0.4, -0.2) is 58.7 Å². The van der Waals surface area contributed by atoms with Gasteiger partial charge in [-0.1, -0.05) is 18.2 Å². The minimum Gasteiger partial charge on any atom is -0.497 e. The smallest absolute Gasteiger partial charge is 0.243 e. The minimum absolute atomic E-state index is 0.112. The monoisotopic (exact) mass is 396 g/mol. The molecule has 0 amide bonds. The molecule has 2 aromatic rings. The molecule has 1 aliphatic heterocycles. The number of piperazine rings is 1. The topological polar surface area (TPSA) is 84.0 Å². The maximum atomic E-state index is 12.7. The van der Waals surface area contributed by atoms with Crippen LogP contribution in [0, 0.1) is 0 Å². The molecular weight excluding hydrogens is 376 g/mol. The molecule has 0 aromatic heterocycles. The molecule has 0 unspecified atom stereocenters. The van der Waals surface area contributed by atoms with E-state index in [4.69, 9.17) is 4.74 Å². The number of methoxy groups -OCH3 is 1. The second-order valence-electron chi connectivity index (χ2n) is 5.80. The Bertz CT molecular complexity index is 950. The van der Waals surface area contributed by atoms with Crippen molar-refractivity contribution in [3.05, 3.63) is 54.6 Å². The minimum atomic E-state index is -3.66. The average Bonchev–Trinajstić information content (AvgIpc) is 2.69. The molecule has 0 bridgehead atoms. The molecule has 1 aliphatic rings. The van der Waals surface area contributed by atoms with Crippen molar-refractivity contribution in [3.63, 3.8) is 0 Å². The normalized spacial score (nSPS) is 17.1. The third kappa shape index (κ3) is 3.61. The second kappa shape index (κ2) is 7.36. The van der Waals surface area contributed by atoms with E-state index in [-0.39, 0.29) is 36.0 Å². The van der Waals surface area contributed by atoms with Crippen molar-refractivity contribution >= 4 is 20.0 Å². The van der Waals surface area contributed by atoms with Gasteiger partial charge in [0, 0.05) is 26.2 Å². The molecule has 0 atom stereocenters. The van der Waals surface area contributed by atoms with Crippen LogP contribution in [0.1, 0.15) is 0 Å². The van der Waals surface area contributed by atoms with E-state index in [0.29, 0.717) is 5.75 Å². The lowest BCUT2D eigenvalue weighted by atomic mass is 10.3. The van der Waals surface area contributed by atoms with Gasteiger partial charge < -0.3 is 4.74 Å². The number of nitrogens with zero attached hydrogens (tertiary/aromatic N) is 2. The summed E-state index contributed by atoms with van der Waals surface area (Å²) in [4.78, 5) is 0.379. The largest absolute Gasteiger partial charge is 0.497 e. The summed E-state index contributed by atoms with van der Waals surface area (Å²) >= 11 is 0. The third-order valence-electron chi connectivity index (χ3n) is 4.28. The van der Waals surface area contributed by atoms with E-state index in [1.165, 1.54) is 40.0 Å². The maximum Gasteiger partial charge on any atom is 0.243 e. The van der Waals surface area contributed by atoms with Crippen LogP contribution in [-0.2, 0) is 20.0 Å². The molecule has 0 aliphatic carbocycles. The Morgan fingerprint density at radius 3 is 1.54 bits per heavy atom. The number of ether oxygens (including phenoxy) is 1. The van der Waals surface area contributed by atoms with Crippen molar-refractivity contribution in [1.29, 1.82) is 0 Å². The van der Waals surface area contributed by atoms with Crippen molar-refractivity contribution < 1.29 is 21.6 Å². The van der Waals surface area contributed by atoms with E-state index in [1.54, 1.807) is 30.3 Å². The van der Waals surface area contributed by atoms with Gasteiger partial charge in [-0.05, 0) is 36.4 Å². The summed E-state index contributed by atoms with van der Waals surface area (Å²) in [5, 5.41) is 0. The van der Waals surface area contributed by atoms with Gasteiger partial charge in [-0.3, -0.25) is 0 Å². The zero-order valence-electron chi connectivity index (χ0n) is 14.3. The highest BCUT2D eigenvalue weighted by Gasteiger charge is 2.33. The van der Waals surface area contributed by atoms with Crippen molar-refractivity contribution in [2.75, 3.05) is 33.3 Å². The summed E-state index contributed by atoms with van der Waals surface area (Å²) in [7, 11) is -5.76. The van der Waals surface area contributed by atoms with Crippen LogP contribution >= 0.6 is 0 Å². The standard InChI is InChI=1S/C17H20N2O5S2/c1-24-15-7-9-17(10-8-15)26(22,23)19-13-11-18(12-14-19)25(20,21)16-5-3-2-4-6-16/h2-10H,11-14H2,1H3. The van der Waals surface area contributed by atoms with Gasteiger partial charge >= 0.3 is 0 Å². The molecule has 26 heavy (non-hydrogen) atoms. The van der Waals surface area contributed by atoms with Crippen LogP contribution in [0.25, 0.3) is 0 Å². The first kappa shape index (κ1) is 18.8. The van der Waals surface area contributed by atoms with Gasteiger partial charge in [0.25, 0.3) is 0 Å². The second-order valence-corrected chi connectivity index (χ2v) is 9.67. The van der Waals surface area contributed by atoms with Crippen molar-refractivity contribution in [2.45, 2.75) is 9.79 Å². The Morgan fingerprint density at radius 2 is 1.12 bits per heavy atom. The molecule has 0 N–H and O–H groups in total. The molecule has 1 heterocycles. The molecule has 2 aromatic carbocycles. The molecule has 9 heteroatoms. The Labute approximate surface area is 153 Å². The lowest BCUT2D eigenvalue weighted by Gasteiger charge is -2.33. The van der Waals surface area contributed by atoms with Crippen molar-refractivity contribution in [3.8, 4) is 5.75 Å². The van der Waals surface area contributed by atoms with E-state index in [1.807, 2.05) is 0 Å². The molecule has 1 saturated heterocycles. The molecule has 0 radical (unpaired) electrons. The molecule has 1 fully saturated rings. The highest BCUT2D eigenvalue weighted by molar-refractivity contribution is 7.89. The first-order valence-corrected chi connectivity index (χ1v) is 10.9. The van der Waals surface area contributed by atoms with Gasteiger partial charge in [0.05, 0.1) is 16.9 Å². The van der Waals surface area contributed by atoms with E-state index in [9.17, 15) is 16.8 Å². The Hall–Kier alpha value is -1.94. The fraction of sp³-hybridized carbons (Fsp3) is 0.294. The first-order chi connectivity index (χ1) is 12.4. The lowest BCUT2D eigenvalue weighted by Crippen LogP contribution is -2.50. The number of benzene rings is 2. The van der Waals surface area contributed by atoms with Crippen LogP contribution in [0.4, 0.5) is 0 Å². The predicted molar refractivity (Wildman–Crippen MR) is 97.0 cm³/mol. The Kier molecular flexibility index (Phi) is 5.33.